The number of ketones is 1. The van der Waals surface area contributed by atoms with E-state index in [4.69, 9.17) is 9.15 Å². The van der Waals surface area contributed by atoms with Crippen LogP contribution < -0.4 is 10.2 Å². The summed E-state index contributed by atoms with van der Waals surface area (Å²) in [6.07, 6.45) is 4.57. The van der Waals surface area contributed by atoms with Gasteiger partial charge in [-0.25, -0.2) is 0 Å². The minimum absolute atomic E-state index is 0.106. The number of benzene rings is 4. The topological polar surface area (TPSA) is 88.9 Å². The Hall–Kier alpha value is -5.69. The average Bonchev–Trinajstić information content (AvgIpc) is 3.81. The third kappa shape index (κ3) is 4.00. The zero-order chi connectivity index (χ0) is 30.5. The van der Waals surface area contributed by atoms with Crippen molar-refractivity contribution < 1.29 is 23.5 Å². The Morgan fingerprint density at radius 1 is 0.800 bits per heavy atom. The molecule has 8 rings (SSSR count). The summed E-state index contributed by atoms with van der Waals surface area (Å²) in [5.74, 6) is -2.52. The summed E-state index contributed by atoms with van der Waals surface area (Å²) < 4.78 is 12.1. The summed E-state index contributed by atoms with van der Waals surface area (Å²) in [6, 6.07) is 35.5. The van der Waals surface area contributed by atoms with Gasteiger partial charge in [-0.05, 0) is 46.5 Å². The lowest BCUT2D eigenvalue weighted by molar-refractivity contribution is -0.156. The summed E-state index contributed by atoms with van der Waals surface area (Å²) in [7, 11) is 0. The van der Waals surface area contributed by atoms with Gasteiger partial charge in [0.1, 0.15) is 17.4 Å². The number of esters is 1. The SMILES string of the molecule is O=C(OC(c1ccccc1)c1ccccc1)[C@@H]1[C@H](C(=O)c2ccco2)N2c3ccccc3C=C[C@@H]2[C@]12C(=O)Nc1ccccc12. The van der Waals surface area contributed by atoms with E-state index in [1.807, 2.05) is 126 Å². The van der Waals surface area contributed by atoms with Gasteiger partial charge in [-0.15, -0.1) is 0 Å². The molecule has 3 aliphatic heterocycles. The fraction of sp³-hybridized carbons (Fsp3) is 0.132. The predicted octanol–water partition coefficient (Wildman–Crippen LogP) is 6.59. The number of hydrogen-bond donors (Lipinski definition) is 1. The average molecular weight is 593 g/mol. The second-order valence-electron chi connectivity index (χ2n) is 11.5. The zero-order valence-corrected chi connectivity index (χ0v) is 24.1. The number of anilines is 2. The van der Waals surface area contributed by atoms with Crippen molar-refractivity contribution in [2.75, 3.05) is 10.2 Å². The number of hydrogen-bond acceptors (Lipinski definition) is 6. The monoisotopic (exact) mass is 592 g/mol. The molecular weight excluding hydrogens is 564 g/mol. The number of rotatable bonds is 6. The van der Waals surface area contributed by atoms with Crippen molar-refractivity contribution in [3.8, 4) is 0 Å². The van der Waals surface area contributed by atoms with Crippen molar-refractivity contribution >= 4 is 35.1 Å². The van der Waals surface area contributed by atoms with E-state index in [1.165, 1.54) is 6.26 Å². The third-order valence-corrected chi connectivity index (χ3v) is 9.27. The Balaban J connectivity index is 1.35. The molecule has 4 aromatic carbocycles. The van der Waals surface area contributed by atoms with Gasteiger partial charge in [-0.1, -0.05) is 109 Å². The van der Waals surface area contributed by atoms with Gasteiger partial charge in [-0.2, -0.15) is 0 Å². The van der Waals surface area contributed by atoms with Gasteiger partial charge in [0, 0.05) is 11.4 Å². The molecule has 1 amide bonds. The second kappa shape index (κ2) is 10.5. The van der Waals surface area contributed by atoms with Crippen LogP contribution in [0, 0.1) is 5.92 Å². The molecule has 0 unspecified atom stereocenters. The summed E-state index contributed by atoms with van der Waals surface area (Å²) >= 11 is 0. The van der Waals surface area contributed by atoms with E-state index in [1.54, 1.807) is 12.1 Å². The van der Waals surface area contributed by atoms with Crippen LogP contribution in [0.2, 0.25) is 0 Å². The van der Waals surface area contributed by atoms with Gasteiger partial charge in [-0.3, -0.25) is 14.4 Å². The number of carbonyl (C=O) groups excluding carboxylic acids is 3. The normalized spacial score (nSPS) is 22.6. The fourth-order valence-electron chi connectivity index (χ4n) is 7.42. The molecule has 4 heterocycles. The summed E-state index contributed by atoms with van der Waals surface area (Å²) in [5.41, 5.74) is 2.98. The molecule has 4 atom stereocenters. The van der Waals surface area contributed by atoms with Gasteiger partial charge in [0.2, 0.25) is 11.7 Å². The van der Waals surface area contributed by atoms with E-state index >= 15 is 4.79 Å². The molecule has 1 saturated heterocycles. The highest BCUT2D eigenvalue weighted by Crippen LogP contribution is 2.58. The minimum Gasteiger partial charge on any atom is -0.461 e. The van der Waals surface area contributed by atoms with E-state index in [-0.39, 0.29) is 11.7 Å². The van der Waals surface area contributed by atoms with Crippen LogP contribution in [0.15, 0.2) is 138 Å². The molecule has 0 bridgehead atoms. The molecule has 0 aliphatic carbocycles. The Bertz CT molecular complexity index is 1910. The van der Waals surface area contributed by atoms with E-state index in [2.05, 4.69) is 5.32 Å². The fourth-order valence-corrected chi connectivity index (χ4v) is 7.42. The van der Waals surface area contributed by atoms with Crippen molar-refractivity contribution in [1.82, 2.24) is 0 Å². The maximum Gasteiger partial charge on any atom is 0.314 e. The Labute approximate surface area is 259 Å². The number of furan rings is 1. The first-order chi connectivity index (χ1) is 22.1. The second-order valence-corrected chi connectivity index (χ2v) is 11.5. The minimum atomic E-state index is -1.47. The Morgan fingerprint density at radius 2 is 1.47 bits per heavy atom. The van der Waals surface area contributed by atoms with Gasteiger partial charge < -0.3 is 19.4 Å². The number of carbonyl (C=O) groups is 3. The molecule has 1 aromatic heterocycles. The van der Waals surface area contributed by atoms with Gasteiger partial charge in [0.25, 0.3) is 0 Å². The van der Waals surface area contributed by atoms with Crippen LogP contribution in [0.1, 0.15) is 38.9 Å². The van der Waals surface area contributed by atoms with Gasteiger partial charge in [0.05, 0.1) is 12.3 Å². The number of nitrogens with one attached hydrogen (secondary N) is 1. The third-order valence-electron chi connectivity index (χ3n) is 9.27. The number of nitrogens with zero attached hydrogens (tertiary/aromatic N) is 1. The van der Waals surface area contributed by atoms with E-state index in [0.29, 0.717) is 11.3 Å². The molecule has 220 valence electrons. The van der Waals surface area contributed by atoms with Crippen molar-refractivity contribution in [3.05, 3.63) is 162 Å². The molecule has 0 radical (unpaired) electrons. The number of ether oxygens (including phenoxy) is 1. The largest absolute Gasteiger partial charge is 0.461 e. The maximum absolute atomic E-state index is 15.0. The molecule has 3 aliphatic rings. The molecule has 0 saturated carbocycles. The summed E-state index contributed by atoms with van der Waals surface area (Å²) in [4.78, 5) is 46.0. The quantitative estimate of drug-likeness (QED) is 0.177. The maximum atomic E-state index is 15.0. The highest BCUT2D eigenvalue weighted by Gasteiger charge is 2.71. The van der Waals surface area contributed by atoms with Crippen molar-refractivity contribution in [2.24, 2.45) is 5.92 Å². The Kier molecular flexibility index (Phi) is 6.27. The van der Waals surface area contributed by atoms with Crippen LogP contribution in [-0.4, -0.2) is 29.7 Å². The van der Waals surface area contributed by atoms with Crippen LogP contribution in [0.25, 0.3) is 6.08 Å². The first-order valence-corrected chi connectivity index (χ1v) is 14.9. The van der Waals surface area contributed by atoms with E-state index < -0.39 is 41.3 Å². The number of Topliss-reactive ketones (excluding diaryl/α,β-unsaturated/α-hetero) is 1. The molecule has 5 aromatic rings. The zero-order valence-electron chi connectivity index (χ0n) is 24.1. The van der Waals surface area contributed by atoms with Crippen molar-refractivity contribution in [2.45, 2.75) is 23.6 Å². The summed E-state index contributed by atoms with van der Waals surface area (Å²) in [6.45, 7) is 0. The number of fused-ring (bicyclic) bond motifs is 6. The first-order valence-electron chi connectivity index (χ1n) is 14.9. The lowest BCUT2D eigenvalue weighted by atomic mass is 9.66. The molecule has 45 heavy (non-hydrogen) atoms. The highest BCUT2D eigenvalue weighted by atomic mass is 16.5. The van der Waals surface area contributed by atoms with Crippen LogP contribution in [0.4, 0.5) is 11.4 Å². The molecule has 1 spiro atoms. The number of para-hydroxylation sites is 2. The Morgan fingerprint density at radius 3 is 2.18 bits per heavy atom. The van der Waals surface area contributed by atoms with Crippen LogP contribution in [0.5, 0.6) is 0 Å². The van der Waals surface area contributed by atoms with Crippen LogP contribution in [-0.2, 0) is 19.7 Å². The van der Waals surface area contributed by atoms with Gasteiger partial charge in [0.15, 0.2) is 11.9 Å². The molecule has 1 N–H and O–H groups in total. The van der Waals surface area contributed by atoms with E-state index in [9.17, 15) is 9.59 Å². The van der Waals surface area contributed by atoms with Crippen molar-refractivity contribution in [1.29, 1.82) is 0 Å². The van der Waals surface area contributed by atoms with Crippen LogP contribution >= 0.6 is 0 Å². The predicted molar refractivity (Wildman–Crippen MR) is 170 cm³/mol. The smallest absolute Gasteiger partial charge is 0.314 e. The molecular formula is C38H28N2O5. The highest BCUT2D eigenvalue weighted by molar-refractivity contribution is 6.15. The first kappa shape index (κ1) is 26.9. The lowest BCUT2D eigenvalue weighted by Crippen LogP contribution is -2.51. The lowest BCUT2D eigenvalue weighted by Gasteiger charge is -2.37. The van der Waals surface area contributed by atoms with Crippen LogP contribution in [0.3, 0.4) is 0 Å². The van der Waals surface area contributed by atoms with Gasteiger partial charge >= 0.3 is 5.97 Å². The summed E-state index contributed by atoms with van der Waals surface area (Å²) in [5, 5.41) is 3.04. The van der Waals surface area contributed by atoms with E-state index in [0.717, 1.165) is 22.4 Å². The number of amides is 1. The molecule has 1 fully saturated rings. The standard InChI is InChI=1S/C38H28N2O5/c41-34(30-20-11-23-44-30)33-32(36(42)45-35(25-13-3-1-4-14-25)26-15-5-2-6-16-26)38(27-17-8-9-18-28(27)39-37(38)43)31-22-21-24-12-7-10-19-29(24)40(31)33/h1-23,31-33,35H,(H,39,43)/t31-,32+,33-,38+/m1/s1. The molecule has 7 heteroatoms. The molecule has 7 nitrogen and oxygen atoms in total. The van der Waals surface area contributed by atoms with Crippen molar-refractivity contribution in [3.63, 3.8) is 0 Å².